The van der Waals surface area contributed by atoms with E-state index >= 15 is 0 Å². The Labute approximate surface area is 178 Å². The minimum absolute atomic E-state index is 0.240. The second kappa shape index (κ2) is 11.6. The van der Waals surface area contributed by atoms with E-state index in [2.05, 4.69) is 10.6 Å². The number of quaternary nitrogens is 2. The van der Waals surface area contributed by atoms with Crippen molar-refractivity contribution >= 4 is 11.9 Å². The number of nitrogens with one attached hydrogen (secondary N) is 4. The summed E-state index contributed by atoms with van der Waals surface area (Å²) in [6.45, 7) is 9.27. The third-order valence-corrected chi connectivity index (χ3v) is 5.22. The normalized spacial score (nSPS) is 18.6. The quantitative estimate of drug-likeness (QED) is 0.386. The van der Waals surface area contributed by atoms with Crippen LogP contribution in [-0.2, 0) is 11.3 Å². The topological polar surface area (TPSA) is 94.8 Å². The van der Waals surface area contributed by atoms with Crippen molar-refractivity contribution in [1.82, 2.24) is 10.6 Å². The van der Waals surface area contributed by atoms with Crippen molar-refractivity contribution in [3.63, 3.8) is 0 Å². The lowest BCUT2D eigenvalue weighted by molar-refractivity contribution is -1.02. The van der Waals surface area contributed by atoms with E-state index in [1.165, 1.54) is 9.80 Å². The number of methoxy groups -OCH3 is 3. The third kappa shape index (κ3) is 6.77. The molecule has 0 unspecified atom stereocenters. The Morgan fingerprint density at radius 2 is 1.60 bits per heavy atom. The molecule has 0 radical (unpaired) electrons. The molecule has 1 aliphatic rings. The van der Waals surface area contributed by atoms with Crippen molar-refractivity contribution in [1.29, 1.82) is 0 Å². The molecule has 0 saturated carbocycles. The second-order valence-corrected chi connectivity index (χ2v) is 8.00. The van der Waals surface area contributed by atoms with Crippen LogP contribution in [0.25, 0.3) is 0 Å². The molecular weight excluding hydrogens is 388 g/mol. The SMILES string of the molecule is COc1ccc(C[NH+]2CC[NH+](CC(=O)NC(=O)NCC(C)C)CC2)c(OC)c1OC. The van der Waals surface area contributed by atoms with E-state index < -0.39 is 6.03 Å². The van der Waals surface area contributed by atoms with E-state index in [1.807, 2.05) is 26.0 Å². The molecule has 9 heteroatoms. The smallest absolute Gasteiger partial charge is 0.321 e. The summed E-state index contributed by atoms with van der Waals surface area (Å²) in [6, 6.07) is 3.49. The number of carbonyl (C=O) groups excluding carboxylic acids is 2. The van der Waals surface area contributed by atoms with Gasteiger partial charge in [0.05, 0.1) is 26.9 Å². The molecule has 1 aliphatic heterocycles. The van der Waals surface area contributed by atoms with Gasteiger partial charge in [0.25, 0.3) is 5.91 Å². The highest BCUT2D eigenvalue weighted by Crippen LogP contribution is 2.39. The van der Waals surface area contributed by atoms with Gasteiger partial charge >= 0.3 is 6.03 Å². The second-order valence-electron chi connectivity index (χ2n) is 8.00. The average molecular weight is 425 g/mol. The lowest BCUT2D eigenvalue weighted by Gasteiger charge is -2.29. The number of urea groups is 1. The highest BCUT2D eigenvalue weighted by atomic mass is 16.5. The first kappa shape index (κ1) is 23.8. The number of carbonyl (C=O) groups is 2. The van der Waals surface area contributed by atoms with Crippen molar-refractivity contribution in [3.05, 3.63) is 17.7 Å². The third-order valence-electron chi connectivity index (χ3n) is 5.22. The number of rotatable bonds is 9. The van der Waals surface area contributed by atoms with Gasteiger partial charge in [-0.3, -0.25) is 10.1 Å². The lowest BCUT2D eigenvalue weighted by Crippen LogP contribution is -3.28. The summed E-state index contributed by atoms with van der Waals surface area (Å²) in [4.78, 5) is 26.4. The number of amides is 3. The van der Waals surface area contributed by atoms with Crippen LogP contribution in [-0.4, -0.2) is 72.5 Å². The molecule has 1 heterocycles. The summed E-state index contributed by atoms with van der Waals surface area (Å²) in [6.07, 6.45) is 0. The summed E-state index contributed by atoms with van der Waals surface area (Å²) >= 11 is 0. The van der Waals surface area contributed by atoms with Crippen LogP contribution < -0.4 is 34.6 Å². The van der Waals surface area contributed by atoms with Gasteiger partial charge in [-0.2, -0.15) is 0 Å². The van der Waals surface area contributed by atoms with Gasteiger partial charge in [-0.05, 0) is 18.1 Å². The maximum atomic E-state index is 12.1. The Morgan fingerprint density at radius 3 is 2.17 bits per heavy atom. The molecule has 1 aromatic carbocycles. The van der Waals surface area contributed by atoms with Crippen LogP contribution in [0.15, 0.2) is 12.1 Å². The zero-order chi connectivity index (χ0) is 22.1. The lowest BCUT2D eigenvalue weighted by atomic mass is 10.1. The van der Waals surface area contributed by atoms with Crippen LogP contribution >= 0.6 is 0 Å². The largest absolute Gasteiger partial charge is 0.493 e. The van der Waals surface area contributed by atoms with Gasteiger partial charge in [-0.25, -0.2) is 4.79 Å². The van der Waals surface area contributed by atoms with Crippen LogP contribution in [0.4, 0.5) is 4.79 Å². The van der Waals surface area contributed by atoms with Gasteiger partial charge in [-0.15, -0.1) is 0 Å². The van der Waals surface area contributed by atoms with Crippen molar-refractivity contribution in [2.24, 2.45) is 5.92 Å². The molecule has 1 aromatic rings. The van der Waals surface area contributed by atoms with Gasteiger partial charge in [0.2, 0.25) is 5.75 Å². The number of piperazine rings is 1. The first-order valence-electron chi connectivity index (χ1n) is 10.4. The van der Waals surface area contributed by atoms with Crippen molar-refractivity contribution in [2.45, 2.75) is 20.4 Å². The fourth-order valence-electron chi connectivity index (χ4n) is 3.62. The Balaban J connectivity index is 1.84. The fraction of sp³-hybridized carbons (Fsp3) is 0.619. The first-order chi connectivity index (χ1) is 14.4. The van der Waals surface area contributed by atoms with E-state index in [0.717, 1.165) is 38.3 Å². The van der Waals surface area contributed by atoms with Crippen molar-refractivity contribution in [2.75, 3.05) is 60.6 Å². The van der Waals surface area contributed by atoms with E-state index in [4.69, 9.17) is 14.2 Å². The van der Waals surface area contributed by atoms with Crippen LogP contribution in [0.1, 0.15) is 19.4 Å². The minimum Gasteiger partial charge on any atom is -0.493 e. The van der Waals surface area contributed by atoms with E-state index in [0.29, 0.717) is 36.3 Å². The molecule has 0 aromatic heterocycles. The van der Waals surface area contributed by atoms with Crippen LogP contribution in [0.2, 0.25) is 0 Å². The zero-order valence-corrected chi connectivity index (χ0v) is 18.7. The molecule has 0 atom stereocenters. The van der Waals surface area contributed by atoms with E-state index in [9.17, 15) is 9.59 Å². The Kier molecular flexibility index (Phi) is 9.19. The molecule has 1 saturated heterocycles. The van der Waals surface area contributed by atoms with Crippen LogP contribution in [0.3, 0.4) is 0 Å². The maximum Gasteiger partial charge on any atom is 0.321 e. The number of imide groups is 1. The first-order valence-corrected chi connectivity index (χ1v) is 10.4. The molecule has 0 aliphatic carbocycles. The molecule has 168 valence electrons. The standard InChI is InChI=1S/C21H34N4O5/c1-15(2)12-22-21(27)23-18(26)14-25-10-8-24(9-11-25)13-16-6-7-17(28-3)20(30-5)19(16)29-4/h6-7,15H,8-14H2,1-5H3,(H2,22,23,26,27)/p+2. The molecule has 3 amide bonds. The highest BCUT2D eigenvalue weighted by Gasteiger charge is 2.27. The molecular formula is C21H36N4O5+2. The number of ether oxygens (including phenoxy) is 3. The zero-order valence-electron chi connectivity index (χ0n) is 18.7. The molecule has 0 bridgehead atoms. The minimum atomic E-state index is -0.419. The molecule has 1 fully saturated rings. The summed E-state index contributed by atoms with van der Waals surface area (Å²) in [7, 11) is 4.84. The number of hydrogen-bond acceptors (Lipinski definition) is 5. The summed E-state index contributed by atoms with van der Waals surface area (Å²) in [5.41, 5.74) is 1.06. The maximum absolute atomic E-state index is 12.1. The molecule has 0 spiro atoms. The molecule has 9 nitrogen and oxygen atoms in total. The van der Waals surface area contributed by atoms with Crippen LogP contribution in [0, 0.1) is 5.92 Å². The van der Waals surface area contributed by atoms with Crippen LogP contribution in [0.5, 0.6) is 17.2 Å². The number of hydrogen-bond donors (Lipinski definition) is 4. The predicted molar refractivity (Wildman–Crippen MR) is 112 cm³/mol. The summed E-state index contributed by atoms with van der Waals surface area (Å²) < 4.78 is 16.4. The predicted octanol–water partition coefficient (Wildman–Crippen LogP) is -1.52. The summed E-state index contributed by atoms with van der Waals surface area (Å²) in [5, 5.41) is 5.11. The molecule has 2 rings (SSSR count). The Morgan fingerprint density at radius 1 is 0.967 bits per heavy atom. The molecule has 4 N–H and O–H groups in total. The highest BCUT2D eigenvalue weighted by molar-refractivity contribution is 5.94. The van der Waals surface area contributed by atoms with Gasteiger partial charge in [-0.1, -0.05) is 13.8 Å². The monoisotopic (exact) mass is 424 g/mol. The van der Waals surface area contributed by atoms with Gasteiger partial charge < -0.3 is 29.3 Å². The van der Waals surface area contributed by atoms with Gasteiger partial charge in [0.1, 0.15) is 32.7 Å². The fourth-order valence-corrected chi connectivity index (χ4v) is 3.62. The van der Waals surface area contributed by atoms with Crippen molar-refractivity contribution in [3.8, 4) is 17.2 Å². The Bertz CT molecular complexity index is 718. The van der Waals surface area contributed by atoms with Gasteiger partial charge in [0, 0.05) is 6.54 Å². The van der Waals surface area contributed by atoms with E-state index in [1.54, 1.807) is 21.3 Å². The average Bonchev–Trinajstić information content (AvgIpc) is 2.73. The van der Waals surface area contributed by atoms with Crippen molar-refractivity contribution < 1.29 is 33.6 Å². The van der Waals surface area contributed by atoms with E-state index in [-0.39, 0.29) is 5.91 Å². The number of benzene rings is 1. The van der Waals surface area contributed by atoms with Gasteiger partial charge in [0.15, 0.2) is 18.0 Å². The Hall–Kier alpha value is -2.52. The summed E-state index contributed by atoms with van der Waals surface area (Å²) in [5.74, 6) is 2.05. The molecule has 30 heavy (non-hydrogen) atoms.